The van der Waals surface area contributed by atoms with E-state index in [0.29, 0.717) is 44.1 Å². The van der Waals surface area contributed by atoms with Crippen LogP contribution in [-0.4, -0.2) is 27.5 Å². The van der Waals surface area contributed by atoms with Crippen molar-refractivity contribution in [3.05, 3.63) is 35.4 Å². The third kappa shape index (κ3) is 2.26. The summed E-state index contributed by atoms with van der Waals surface area (Å²) in [6.45, 7) is 0. The summed E-state index contributed by atoms with van der Waals surface area (Å²) in [6.07, 6.45) is 2.71. The van der Waals surface area contributed by atoms with Crippen LogP contribution in [0.3, 0.4) is 0 Å². The van der Waals surface area contributed by atoms with Crippen LogP contribution < -0.4 is 0 Å². The number of aliphatic hydroxyl groups excluding tert-OH is 2. The van der Waals surface area contributed by atoms with Crippen LogP contribution in [0.4, 0.5) is 0 Å². The van der Waals surface area contributed by atoms with Gasteiger partial charge in [0.1, 0.15) is 0 Å². The Kier molecular flexibility index (Phi) is 3.53. The molecule has 3 rings (SSSR count). The van der Waals surface area contributed by atoms with Crippen molar-refractivity contribution in [2.24, 2.45) is 5.41 Å². The quantitative estimate of drug-likeness (QED) is 0.735. The molecule has 0 aromatic heterocycles. The lowest BCUT2D eigenvalue weighted by atomic mass is 9.64. The summed E-state index contributed by atoms with van der Waals surface area (Å²) in [6, 6.07) is 9.12. The van der Waals surface area contributed by atoms with Crippen molar-refractivity contribution in [1.29, 1.82) is 5.26 Å². The minimum atomic E-state index is -0.915. The standard InChI is InChI=1S/C17H21NO3/c18-11-12-1-3-13(4-2-12)17(21)9-7-16(8-10-17)14(19)5-6-15(16)20/h1-4,14-15,19-21H,5-10H2. The van der Waals surface area contributed by atoms with Crippen molar-refractivity contribution >= 4 is 0 Å². The van der Waals surface area contributed by atoms with Crippen LogP contribution in [0.15, 0.2) is 24.3 Å². The van der Waals surface area contributed by atoms with Gasteiger partial charge >= 0.3 is 0 Å². The molecule has 3 N–H and O–H groups in total. The van der Waals surface area contributed by atoms with Crippen LogP contribution in [0.1, 0.15) is 49.7 Å². The zero-order valence-corrected chi connectivity index (χ0v) is 12.0. The number of nitriles is 1. The minimum absolute atomic E-state index is 0.432. The van der Waals surface area contributed by atoms with Crippen LogP contribution in [0.2, 0.25) is 0 Å². The molecule has 1 aromatic carbocycles. The van der Waals surface area contributed by atoms with E-state index in [-0.39, 0.29) is 0 Å². The largest absolute Gasteiger partial charge is 0.392 e. The van der Waals surface area contributed by atoms with E-state index in [0.717, 1.165) is 5.56 Å². The molecule has 0 amide bonds. The van der Waals surface area contributed by atoms with Gasteiger partial charge in [-0.2, -0.15) is 5.26 Å². The summed E-state index contributed by atoms with van der Waals surface area (Å²) < 4.78 is 0. The molecule has 2 aliphatic rings. The molecule has 0 bridgehead atoms. The van der Waals surface area contributed by atoms with Gasteiger partial charge in [-0.1, -0.05) is 12.1 Å². The molecule has 2 saturated carbocycles. The smallest absolute Gasteiger partial charge is 0.0991 e. The number of nitrogens with zero attached hydrogens (tertiary/aromatic N) is 1. The van der Waals surface area contributed by atoms with Gasteiger partial charge in [0, 0.05) is 5.41 Å². The first-order valence-corrected chi connectivity index (χ1v) is 7.59. The van der Waals surface area contributed by atoms with Crippen molar-refractivity contribution < 1.29 is 15.3 Å². The maximum Gasteiger partial charge on any atom is 0.0991 e. The van der Waals surface area contributed by atoms with E-state index < -0.39 is 23.2 Å². The van der Waals surface area contributed by atoms with Crippen LogP contribution >= 0.6 is 0 Å². The Morgan fingerprint density at radius 3 is 1.95 bits per heavy atom. The highest BCUT2D eigenvalue weighted by Gasteiger charge is 2.53. The monoisotopic (exact) mass is 287 g/mol. The van der Waals surface area contributed by atoms with Crippen LogP contribution in [0.5, 0.6) is 0 Å². The Morgan fingerprint density at radius 1 is 0.952 bits per heavy atom. The summed E-state index contributed by atoms with van der Waals surface area (Å²) >= 11 is 0. The van der Waals surface area contributed by atoms with Gasteiger partial charge in [-0.15, -0.1) is 0 Å². The van der Waals surface area contributed by atoms with E-state index >= 15 is 0 Å². The highest BCUT2D eigenvalue weighted by atomic mass is 16.3. The molecule has 0 heterocycles. The van der Waals surface area contributed by atoms with Gasteiger partial charge in [0.05, 0.1) is 29.4 Å². The molecule has 1 aromatic rings. The highest BCUT2D eigenvalue weighted by molar-refractivity contribution is 5.34. The highest BCUT2D eigenvalue weighted by Crippen LogP contribution is 2.53. The molecule has 0 radical (unpaired) electrons. The van der Waals surface area contributed by atoms with Crippen LogP contribution in [0, 0.1) is 16.7 Å². The lowest BCUT2D eigenvalue weighted by molar-refractivity contribution is -0.106. The van der Waals surface area contributed by atoms with Gasteiger partial charge in [-0.25, -0.2) is 0 Å². The molecule has 4 nitrogen and oxygen atoms in total. The fraction of sp³-hybridized carbons (Fsp3) is 0.588. The molecule has 112 valence electrons. The Labute approximate surface area is 124 Å². The van der Waals surface area contributed by atoms with Crippen LogP contribution in [0.25, 0.3) is 0 Å². The maximum atomic E-state index is 10.9. The van der Waals surface area contributed by atoms with Gasteiger partial charge < -0.3 is 15.3 Å². The fourth-order valence-electron chi connectivity index (χ4n) is 4.05. The second-order valence-corrected chi connectivity index (χ2v) is 6.56. The van der Waals surface area contributed by atoms with Crippen molar-refractivity contribution in [2.45, 2.75) is 56.3 Å². The van der Waals surface area contributed by atoms with Gasteiger partial charge in [0.15, 0.2) is 0 Å². The number of benzene rings is 1. The lowest BCUT2D eigenvalue weighted by Crippen LogP contribution is -2.46. The van der Waals surface area contributed by atoms with Crippen molar-refractivity contribution in [1.82, 2.24) is 0 Å². The third-order valence-electron chi connectivity index (χ3n) is 5.60. The number of hydrogen-bond donors (Lipinski definition) is 3. The fourth-order valence-corrected chi connectivity index (χ4v) is 4.05. The van der Waals surface area contributed by atoms with E-state index in [4.69, 9.17) is 5.26 Å². The Morgan fingerprint density at radius 2 is 1.48 bits per heavy atom. The van der Waals surface area contributed by atoms with E-state index in [1.165, 1.54) is 0 Å². The predicted molar refractivity (Wildman–Crippen MR) is 77.2 cm³/mol. The average Bonchev–Trinajstić information content (AvgIpc) is 2.79. The molecule has 2 unspecified atom stereocenters. The van der Waals surface area contributed by atoms with E-state index in [2.05, 4.69) is 6.07 Å². The molecule has 4 heteroatoms. The van der Waals surface area contributed by atoms with Crippen molar-refractivity contribution in [2.75, 3.05) is 0 Å². The van der Waals surface area contributed by atoms with Gasteiger partial charge in [-0.05, 0) is 56.2 Å². The van der Waals surface area contributed by atoms with Gasteiger partial charge in [0.25, 0.3) is 0 Å². The number of aliphatic hydroxyl groups is 3. The van der Waals surface area contributed by atoms with E-state index in [1.807, 2.05) is 0 Å². The topological polar surface area (TPSA) is 84.5 Å². The van der Waals surface area contributed by atoms with Crippen molar-refractivity contribution in [3.63, 3.8) is 0 Å². The molecule has 2 aliphatic carbocycles. The van der Waals surface area contributed by atoms with Crippen molar-refractivity contribution in [3.8, 4) is 6.07 Å². The molecule has 1 spiro atoms. The molecule has 2 fully saturated rings. The summed E-state index contributed by atoms with van der Waals surface area (Å²) in [7, 11) is 0. The average molecular weight is 287 g/mol. The maximum absolute atomic E-state index is 10.9. The Balaban J connectivity index is 1.79. The molecular formula is C17H21NO3. The number of rotatable bonds is 1. The third-order valence-corrected chi connectivity index (χ3v) is 5.60. The molecule has 0 saturated heterocycles. The minimum Gasteiger partial charge on any atom is -0.392 e. The molecule has 21 heavy (non-hydrogen) atoms. The normalized spacial score (nSPS) is 39.3. The SMILES string of the molecule is N#Cc1ccc(C2(O)CCC3(CC2)C(O)CCC3O)cc1. The second-order valence-electron chi connectivity index (χ2n) is 6.56. The van der Waals surface area contributed by atoms with Crippen LogP contribution in [-0.2, 0) is 5.60 Å². The zero-order chi connectivity index (χ0) is 15.1. The predicted octanol–water partition coefficient (Wildman–Crippen LogP) is 1.82. The number of hydrogen-bond acceptors (Lipinski definition) is 4. The lowest BCUT2D eigenvalue weighted by Gasteiger charge is -2.45. The first kappa shape index (κ1) is 14.5. The Bertz CT molecular complexity index is 540. The zero-order valence-electron chi connectivity index (χ0n) is 12.0. The van der Waals surface area contributed by atoms with Gasteiger partial charge in [-0.3, -0.25) is 0 Å². The molecule has 2 atom stereocenters. The summed E-state index contributed by atoms with van der Waals surface area (Å²) in [5, 5.41) is 40.1. The molecule has 0 aliphatic heterocycles. The van der Waals surface area contributed by atoms with E-state index in [9.17, 15) is 15.3 Å². The molecular weight excluding hydrogens is 266 g/mol. The Hall–Kier alpha value is -1.41. The first-order chi connectivity index (χ1) is 10.00. The van der Waals surface area contributed by atoms with Gasteiger partial charge in [0.2, 0.25) is 0 Å². The summed E-state index contributed by atoms with van der Waals surface area (Å²) in [5.74, 6) is 0. The van der Waals surface area contributed by atoms with E-state index in [1.54, 1.807) is 24.3 Å². The summed E-state index contributed by atoms with van der Waals surface area (Å²) in [5.41, 5.74) is 0.0506. The first-order valence-electron chi connectivity index (χ1n) is 7.59. The summed E-state index contributed by atoms with van der Waals surface area (Å²) in [4.78, 5) is 0. The second kappa shape index (κ2) is 5.10.